The summed E-state index contributed by atoms with van der Waals surface area (Å²) < 4.78 is 38.1. The number of hydrogen-bond donors (Lipinski definition) is 0. The zero-order valence-electron chi connectivity index (χ0n) is 21.6. The molecule has 0 spiro atoms. The Hall–Kier alpha value is -3.14. The largest absolute Gasteiger partial charge is 0.464 e. The summed E-state index contributed by atoms with van der Waals surface area (Å²) in [7, 11) is 3.17. The van der Waals surface area contributed by atoms with Gasteiger partial charge in [0.15, 0.2) is 31.2 Å². The van der Waals surface area contributed by atoms with Crippen LogP contribution in [0.1, 0.15) is 22.8 Å². The number of carbonyl (C=O) groups is 1. The van der Waals surface area contributed by atoms with Crippen molar-refractivity contribution in [3.63, 3.8) is 0 Å². The molecule has 0 aromatic heterocycles. The highest BCUT2D eigenvalue weighted by Gasteiger charge is 2.21. The molecule has 0 bridgehead atoms. The van der Waals surface area contributed by atoms with Gasteiger partial charge in [-0.05, 0) is 28.8 Å². The molecule has 3 aromatic carbocycles. The fourth-order valence-corrected chi connectivity index (χ4v) is 3.79. The van der Waals surface area contributed by atoms with E-state index >= 15 is 0 Å². The third-order valence-electron chi connectivity index (χ3n) is 5.32. The fourth-order valence-electron chi connectivity index (χ4n) is 3.50. The highest BCUT2D eigenvalue weighted by Crippen LogP contribution is 2.37. The van der Waals surface area contributed by atoms with E-state index in [1.807, 2.05) is 60.7 Å². The molecule has 0 fully saturated rings. The first-order valence-corrected chi connectivity index (χ1v) is 12.5. The number of hydrogen-bond acceptors (Lipinski definition) is 8. The second kappa shape index (κ2) is 16.7. The topological polar surface area (TPSA) is 81.7 Å². The SMILES string of the molecule is COCCOCOc1cc(CC(=O)OC(c2ccccc2)c2ccccc2)cc(Cl)c1OCOCCOC. The standard InChI is InChI=1S/C29H33ClO8/c1-32-13-15-34-20-36-26-18-22(17-25(30)29(26)37-21-35-16-14-33-2)19-27(31)38-28(23-9-5-3-6-10-23)24-11-7-4-8-12-24/h3-12,17-18,28H,13-16,19-21H2,1-2H3. The first-order chi connectivity index (χ1) is 18.6. The zero-order valence-corrected chi connectivity index (χ0v) is 22.4. The van der Waals surface area contributed by atoms with Crippen LogP contribution in [0.2, 0.25) is 5.02 Å². The number of halogens is 1. The van der Waals surface area contributed by atoms with Crippen LogP contribution in [0.5, 0.6) is 11.5 Å². The quantitative estimate of drug-likeness (QED) is 0.130. The predicted octanol–water partition coefficient (Wildman–Crippen LogP) is 5.21. The molecule has 0 saturated heterocycles. The monoisotopic (exact) mass is 544 g/mol. The number of methoxy groups -OCH3 is 2. The number of esters is 1. The van der Waals surface area contributed by atoms with Crippen LogP contribution in [0.25, 0.3) is 0 Å². The van der Waals surface area contributed by atoms with E-state index in [2.05, 4.69) is 0 Å². The summed E-state index contributed by atoms with van der Waals surface area (Å²) in [4.78, 5) is 13.1. The lowest BCUT2D eigenvalue weighted by atomic mass is 10.0. The summed E-state index contributed by atoms with van der Waals surface area (Å²) in [5, 5.41) is 0.264. The van der Waals surface area contributed by atoms with Crippen molar-refractivity contribution in [2.75, 3.05) is 54.2 Å². The number of ether oxygens (including phenoxy) is 7. The van der Waals surface area contributed by atoms with Crippen LogP contribution in [-0.2, 0) is 34.9 Å². The zero-order chi connectivity index (χ0) is 27.0. The molecule has 3 aromatic rings. The molecule has 0 aliphatic heterocycles. The molecule has 0 heterocycles. The van der Waals surface area contributed by atoms with Crippen LogP contribution >= 0.6 is 11.6 Å². The van der Waals surface area contributed by atoms with E-state index < -0.39 is 12.1 Å². The minimum atomic E-state index is -0.544. The summed E-state index contributed by atoms with van der Waals surface area (Å²) in [5.74, 6) is 0.177. The number of benzene rings is 3. The van der Waals surface area contributed by atoms with Crippen molar-refractivity contribution in [2.24, 2.45) is 0 Å². The summed E-state index contributed by atoms with van der Waals surface area (Å²) in [6.07, 6.45) is -0.571. The Morgan fingerprint density at radius 1 is 0.763 bits per heavy atom. The third kappa shape index (κ3) is 9.63. The van der Waals surface area contributed by atoms with E-state index in [0.717, 1.165) is 11.1 Å². The molecule has 204 valence electrons. The molecule has 0 saturated carbocycles. The molecule has 8 nitrogen and oxygen atoms in total. The van der Waals surface area contributed by atoms with Crippen molar-refractivity contribution in [3.8, 4) is 11.5 Å². The summed E-state index contributed by atoms with van der Waals surface area (Å²) >= 11 is 6.52. The molecule has 0 amide bonds. The minimum Gasteiger partial charge on any atom is -0.464 e. The van der Waals surface area contributed by atoms with Crippen LogP contribution < -0.4 is 9.47 Å². The Kier molecular flexibility index (Phi) is 12.9. The van der Waals surface area contributed by atoms with Gasteiger partial charge in [0.25, 0.3) is 0 Å². The van der Waals surface area contributed by atoms with Crippen molar-refractivity contribution in [3.05, 3.63) is 94.5 Å². The first-order valence-electron chi connectivity index (χ1n) is 12.1. The lowest BCUT2D eigenvalue weighted by Gasteiger charge is -2.19. The average Bonchev–Trinajstić information content (AvgIpc) is 2.93. The van der Waals surface area contributed by atoms with Gasteiger partial charge >= 0.3 is 5.97 Å². The Bertz CT molecular complexity index is 1050. The summed E-state index contributed by atoms with van der Waals surface area (Å²) in [5.41, 5.74) is 2.35. The number of rotatable bonds is 17. The lowest BCUT2D eigenvalue weighted by molar-refractivity contribution is -0.146. The van der Waals surface area contributed by atoms with Crippen molar-refractivity contribution >= 4 is 17.6 Å². The number of carbonyl (C=O) groups excluding carboxylic acids is 1. The molecule has 9 heteroatoms. The Labute approximate surface area is 228 Å². The molecule has 0 atom stereocenters. The molecular weight excluding hydrogens is 512 g/mol. The minimum absolute atomic E-state index is 0.0264. The van der Waals surface area contributed by atoms with Gasteiger partial charge in [-0.15, -0.1) is 0 Å². The van der Waals surface area contributed by atoms with Gasteiger partial charge in [-0.1, -0.05) is 72.3 Å². The van der Waals surface area contributed by atoms with E-state index in [1.54, 1.807) is 26.4 Å². The van der Waals surface area contributed by atoms with E-state index in [4.69, 9.17) is 44.8 Å². The first kappa shape index (κ1) is 29.4. The molecular formula is C29H33ClO8. The van der Waals surface area contributed by atoms with E-state index in [9.17, 15) is 4.79 Å². The Morgan fingerprint density at radius 2 is 1.32 bits per heavy atom. The molecule has 0 radical (unpaired) electrons. The van der Waals surface area contributed by atoms with E-state index in [-0.39, 0.29) is 30.8 Å². The maximum Gasteiger partial charge on any atom is 0.311 e. The van der Waals surface area contributed by atoms with Gasteiger partial charge in [-0.3, -0.25) is 4.79 Å². The lowest BCUT2D eigenvalue weighted by Crippen LogP contribution is -2.15. The smallest absolute Gasteiger partial charge is 0.311 e. The van der Waals surface area contributed by atoms with Crippen LogP contribution in [0, 0.1) is 0 Å². The molecule has 38 heavy (non-hydrogen) atoms. The fraction of sp³-hybridized carbons (Fsp3) is 0.345. The van der Waals surface area contributed by atoms with Crippen LogP contribution in [0.15, 0.2) is 72.8 Å². The van der Waals surface area contributed by atoms with Crippen molar-refractivity contribution in [1.82, 2.24) is 0 Å². The predicted molar refractivity (Wildman–Crippen MR) is 143 cm³/mol. The highest BCUT2D eigenvalue weighted by atomic mass is 35.5. The van der Waals surface area contributed by atoms with Crippen LogP contribution in [-0.4, -0.2) is 60.2 Å². The van der Waals surface area contributed by atoms with Gasteiger partial charge in [0.2, 0.25) is 0 Å². The van der Waals surface area contributed by atoms with Crippen LogP contribution in [0.3, 0.4) is 0 Å². The van der Waals surface area contributed by atoms with Gasteiger partial charge in [-0.25, -0.2) is 0 Å². The highest BCUT2D eigenvalue weighted by molar-refractivity contribution is 6.32. The van der Waals surface area contributed by atoms with Gasteiger partial charge < -0.3 is 33.2 Å². The second-order valence-electron chi connectivity index (χ2n) is 8.10. The van der Waals surface area contributed by atoms with Gasteiger partial charge in [0.1, 0.15) is 0 Å². The van der Waals surface area contributed by atoms with E-state index in [0.29, 0.717) is 37.7 Å². The second-order valence-corrected chi connectivity index (χ2v) is 8.51. The molecule has 0 aliphatic carbocycles. The Morgan fingerprint density at radius 3 is 1.87 bits per heavy atom. The average molecular weight is 545 g/mol. The molecule has 3 rings (SSSR count). The molecule has 0 unspecified atom stereocenters. The van der Waals surface area contributed by atoms with Crippen molar-refractivity contribution in [1.29, 1.82) is 0 Å². The van der Waals surface area contributed by atoms with Gasteiger partial charge in [0.05, 0.1) is 37.9 Å². The maximum absolute atomic E-state index is 13.1. The summed E-state index contributed by atoms with van der Waals surface area (Å²) in [6, 6.07) is 22.5. The third-order valence-corrected chi connectivity index (χ3v) is 5.60. The van der Waals surface area contributed by atoms with E-state index in [1.165, 1.54) is 0 Å². The van der Waals surface area contributed by atoms with Gasteiger partial charge in [0, 0.05) is 14.2 Å². The Balaban J connectivity index is 1.73. The van der Waals surface area contributed by atoms with Crippen molar-refractivity contribution in [2.45, 2.75) is 12.5 Å². The van der Waals surface area contributed by atoms with Crippen molar-refractivity contribution < 1.29 is 38.0 Å². The molecule has 0 N–H and O–H groups in total. The van der Waals surface area contributed by atoms with Gasteiger partial charge in [-0.2, -0.15) is 0 Å². The summed E-state index contributed by atoms with van der Waals surface area (Å²) in [6.45, 7) is 1.46. The maximum atomic E-state index is 13.1. The normalized spacial score (nSPS) is 10.9. The van der Waals surface area contributed by atoms with Crippen LogP contribution in [0.4, 0.5) is 0 Å². The molecule has 0 aliphatic rings.